The first kappa shape index (κ1) is 28.3. The third-order valence-electron chi connectivity index (χ3n) is 4.79. The van der Waals surface area contributed by atoms with Gasteiger partial charge in [0, 0.05) is 12.5 Å². The molecule has 0 aliphatic heterocycles. The van der Waals surface area contributed by atoms with Crippen molar-refractivity contribution in [3.05, 3.63) is 0 Å². The number of carbonyl (C=O) groups is 1. The SMILES string of the molecule is CCCCCCCCCN(CCCCCCCCC)CCC(=O)[O-].[K+]. The van der Waals surface area contributed by atoms with Crippen LogP contribution in [0.1, 0.15) is 110 Å². The normalized spacial score (nSPS) is 10.8. The largest absolute Gasteiger partial charge is 1.00 e. The van der Waals surface area contributed by atoms with Crippen LogP contribution in [-0.4, -0.2) is 30.5 Å². The van der Waals surface area contributed by atoms with Crippen LogP contribution in [0.4, 0.5) is 0 Å². The van der Waals surface area contributed by atoms with Gasteiger partial charge in [-0.1, -0.05) is 90.9 Å². The summed E-state index contributed by atoms with van der Waals surface area (Å²) in [6.45, 7) is 7.26. The number of carbonyl (C=O) groups excluding carboxylic acids is 1. The molecular weight excluding hydrogens is 337 g/mol. The van der Waals surface area contributed by atoms with Gasteiger partial charge in [-0.2, -0.15) is 0 Å². The Bertz CT molecular complexity index is 257. The zero-order valence-corrected chi connectivity index (χ0v) is 20.6. The third kappa shape index (κ3) is 23.0. The van der Waals surface area contributed by atoms with Crippen LogP contribution in [0.3, 0.4) is 0 Å². The van der Waals surface area contributed by atoms with Gasteiger partial charge in [0.05, 0.1) is 0 Å². The number of unbranched alkanes of at least 4 members (excludes halogenated alkanes) is 12. The zero-order valence-electron chi connectivity index (χ0n) is 17.5. The maximum absolute atomic E-state index is 10.7. The monoisotopic (exact) mass is 379 g/mol. The first-order valence-corrected chi connectivity index (χ1v) is 10.6. The Labute approximate surface area is 200 Å². The smallest absolute Gasteiger partial charge is 0.550 e. The number of hydrogen-bond donors (Lipinski definition) is 0. The summed E-state index contributed by atoms with van der Waals surface area (Å²) < 4.78 is 0. The van der Waals surface area contributed by atoms with Crippen molar-refractivity contribution in [2.75, 3.05) is 19.6 Å². The van der Waals surface area contributed by atoms with Crippen molar-refractivity contribution in [3.8, 4) is 0 Å². The molecule has 0 heterocycles. The number of carboxylic acid groups (broad SMARTS) is 1. The van der Waals surface area contributed by atoms with Crippen molar-refractivity contribution in [2.45, 2.75) is 110 Å². The quantitative estimate of drug-likeness (QED) is 0.254. The van der Waals surface area contributed by atoms with E-state index in [1.165, 1.54) is 89.9 Å². The Kier molecular flexibility index (Phi) is 26.1. The van der Waals surface area contributed by atoms with Crippen LogP contribution in [-0.2, 0) is 4.79 Å². The summed E-state index contributed by atoms with van der Waals surface area (Å²) in [7, 11) is 0. The van der Waals surface area contributed by atoms with Crippen molar-refractivity contribution >= 4 is 5.97 Å². The molecule has 4 heteroatoms. The van der Waals surface area contributed by atoms with Crippen LogP contribution in [0.5, 0.6) is 0 Å². The fraction of sp³-hybridized carbons (Fsp3) is 0.952. The first-order chi connectivity index (χ1) is 11.7. The van der Waals surface area contributed by atoms with Crippen LogP contribution in [0.25, 0.3) is 0 Å². The Balaban J connectivity index is 0. The summed E-state index contributed by atoms with van der Waals surface area (Å²) in [6, 6.07) is 0. The molecule has 0 aromatic heterocycles. The van der Waals surface area contributed by atoms with E-state index in [0.29, 0.717) is 6.54 Å². The minimum atomic E-state index is -0.917. The molecule has 0 aromatic carbocycles. The van der Waals surface area contributed by atoms with Gasteiger partial charge in [-0.05, 0) is 32.4 Å². The van der Waals surface area contributed by atoms with E-state index < -0.39 is 5.97 Å². The fourth-order valence-corrected chi connectivity index (χ4v) is 3.17. The summed E-state index contributed by atoms with van der Waals surface area (Å²) in [5, 5.41) is 10.7. The van der Waals surface area contributed by atoms with Crippen LogP contribution in [0.2, 0.25) is 0 Å². The van der Waals surface area contributed by atoms with Crippen LogP contribution in [0.15, 0.2) is 0 Å². The van der Waals surface area contributed by atoms with Crippen molar-refractivity contribution in [2.24, 2.45) is 0 Å². The molecule has 0 N–H and O–H groups in total. The number of carboxylic acids is 1. The molecule has 144 valence electrons. The second kappa shape index (κ2) is 23.1. The molecule has 0 amide bonds. The standard InChI is InChI=1S/C21H43NO2.K/c1-3-5-7-9-11-13-15-18-22(20-17-21(23)24)19-16-14-12-10-8-6-4-2;/h3-20H2,1-2H3,(H,23,24);/q;+1/p-1. The Hall–Kier alpha value is 1.07. The van der Waals surface area contributed by atoms with E-state index in [-0.39, 0.29) is 57.8 Å². The summed E-state index contributed by atoms with van der Waals surface area (Å²) in [6.07, 6.45) is 18.5. The van der Waals surface area contributed by atoms with Gasteiger partial charge >= 0.3 is 51.4 Å². The molecule has 0 bridgehead atoms. The van der Waals surface area contributed by atoms with Gasteiger partial charge in [0.25, 0.3) is 0 Å². The van der Waals surface area contributed by atoms with Gasteiger partial charge in [-0.15, -0.1) is 0 Å². The van der Waals surface area contributed by atoms with Crippen LogP contribution >= 0.6 is 0 Å². The molecule has 0 spiro atoms. The van der Waals surface area contributed by atoms with Crippen LogP contribution < -0.4 is 56.5 Å². The van der Waals surface area contributed by atoms with Gasteiger partial charge in [0.1, 0.15) is 0 Å². The van der Waals surface area contributed by atoms with Gasteiger partial charge in [0.2, 0.25) is 0 Å². The maximum atomic E-state index is 10.7. The van der Waals surface area contributed by atoms with Crippen molar-refractivity contribution in [1.29, 1.82) is 0 Å². The number of hydrogen-bond acceptors (Lipinski definition) is 3. The van der Waals surface area contributed by atoms with Gasteiger partial charge in [-0.25, -0.2) is 0 Å². The Morgan fingerprint density at radius 3 is 1.36 bits per heavy atom. The average molecular weight is 380 g/mol. The van der Waals surface area contributed by atoms with E-state index in [2.05, 4.69) is 18.7 Å². The Morgan fingerprint density at radius 1 is 0.640 bits per heavy atom. The average Bonchev–Trinajstić information content (AvgIpc) is 2.57. The molecule has 0 saturated heterocycles. The molecule has 0 rings (SSSR count). The first-order valence-electron chi connectivity index (χ1n) is 10.6. The molecular formula is C21H42KNO2. The second-order valence-electron chi connectivity index (χ2n) is 7.21. The molecule has 3 nitrogen and oxygen atoms in total. The zero-order chi connectivity index (χ0) is 17.9. The van der Waals surface area contributed by atoms with Crippen LogP contribution in [0, 0.1) is 0 Å². The number of aliphatic carboxylic acids is 1. The minimum Gasteiger partial charge on any atom is -0.550 e. The van der Waals surface area contributed by atoms with Gasteiger partial charge in [-0.3, -0.25) is 0 Å². The summed E-state index contributed by atoms with van der Waals surface area (Å²) in [5.41, 5.74) is 0. The Morgan fingerprint density at radius 2 is 1.00 bits per heavy atom. The third-order valence-corrected chi connectivity index (χ3v) is 4.79. The summed E-state index contributed by atoms with van der Waals surface area (Å²) in [5.74, 6) is -0.917. The fourth-order valence-electron chi connectivity index (χ4n) is 3.17. The molecule has 0 aliphatic carbocycles. The molecule has 0 unspecified atom stereocenters. The predicted molar refractivity (Wildman–Crippen MR) is 102 cm³/mol. The predicted octanol–water partition coefficient (Wildman–Crippen LogP) is 1.93. The number of nitrogens with zero attached hydrogens (tertiary/aromatic N) is 1. The molecule has 0 atom stereocenters. The summed E-state index contributed by atoms with van der Waals surface area (Å²) in [4.78, 5) is 13.1. The molecule has 0 radical (unpaired) electrons. The van der Waals surface area contributed by atoms with Gasteiger partial charge < -0.3 is 14.8 Å². The summed E-state index contributed by atoms with van der Waals surface area (Å²) >= 11 is 0. The maximum Gasteiger partial charge on any atom is 1.00 e. The minimum absolute atomic E-state index is 0. The van der Waals surface area contributed by atoms with E-state index in [1.54, 1.807) is 0 Å². The van der Waals surface area contributed by atoms with E-state index in [0.717, 1.165) is 13.1 Å². The topological polar surface area (TPSA) is 43.4 Å². The van der Waals surface area contributed by atoms with Crippen molar-refractivity contribution in [3.63, 3.8) is 0 Å². The van der Waals surface area contributed by atoms with Gasteiger partial charge in [0.15, 0.2) is 0 Å². The molecule has 0 aliphatic rings. The van der Waals surface area contributed by atoms with Crippen molar-refractivity contribution < 1.29 is 61.3 Å². The van der Waals surface area contributed by atoms with E-state index in [1.807, 2.05) is 0 Å². The van der Waals surface area contributed by atoms with E-state index >= 15 is 0 Å². The molecule has 0 aromatic rings. The number of rotatable bonds is 19. The molecule has 25 heavy (non-hydrogen) atoms. The molecule has 0 saturated carbocycles. The second-order valence-corrected chi connectivity index (χ2v) is 7.21. The van der Waals surface area contributed by atoms with E-state index in [9.17, 15) is 9.90 Å². The van der Waals surface area contributed by atoms with E-state index in [4.69, 9.17) is 0 Å². The molecule has 0 fully saturated rings. The van der Waals surface area contributed by atoms with Crippen molar-refractivity contribution in [1.82, 2.24) is 4.90 Å².